The molecule has 0 aliphatic heterocycles. The molecule has 0 bridgehead atoms. The number of aliphatic carboxylic acids is 1. The lowest BCUT2D eigenvalue weighted by molar-refractivity contribution is -0.192. The van der Waals surface area contributed by atoms with E-state index in [1.807, 2.05) is 54.6 Å². The number of carbonyl (C=O) groups is 3. The zero-order valence-electron chi connectivity index (χ0n) is 19.6. The van der Waals surface area contributed by atoms with E-state index in [0.29, 0.717) is 6.42 Å². The highest BCUT2D eigenvalue weighted by atomic mass is 19.4. The average molecular weight is 522 g/mol. The van der Waals surface area contributed by atoms with Crippen molar-refractivity contribution in [3.05, 3.63) is 72.1 Å². The molecule has 0 aliphatic carbocycles. The number of H-pyrrole nitrogens is 1. The van der Waals surface area contributed by atoms with E-state index in [9.17, 15) is 27.9 Å². The highest BCUT2D eigenvalue weighted by Gasteiger charge is 2.38. The van der Waals surface area contributed by atoms with Gasteiger partial charge >= 0.3 is 18.1 Å². The van der Waals surface area contributed by atoms with E-state index in [2.05, 4.69) is 20.7 Å². The van der Waals surface area contributed by atoms with Gasteiger partial charge in [-0.15, -0.1) is 0 Å². The Labute approximate surface area is 209 Å². The highest BCUT2D eigenvalue weighted by Crippen LogP contribution is 2.20. The van der Waals surface area contributed by atoms with E-state index < -0.39 is 36.2 Å². The lowest BCUT2D eigenvalue weighted by Crippen LogP contribution is -2.41. The fourth-order valence-corrected chi connectivity index (χ4v) is 3.12. The number of nitrogens with one attached hydrogen (secondary N) is 2. The average Bonchev–Trinajstić information content (AvgIpc) is 3.40. The molecule has 1 amide bonds. The van der Waals surface area contributed by atoms with E-state index in [4.69, 9.17) is 14.6 Å². The number of rotatable bonds is 9. The van der Waals surface area contributed by atoms with Crippen molar-refractivity contribution in [3.63, 3.8) is 0 Å². The van der Waals surface area contributed by atoms with E-state index >= 15 is 0 Å². The van der Waals surface area contributed by atoms with E-state index in [1.54, 1.807) is 6.92 Å². The van der Waals surface area contributed by atoms with Gasteiger partial charge in [-0.1, -0.05) is 54.6 Å². The molecular weight excluding hydrogens is 497 g/mol. The maximum atomic E-state index is 12.4. The van der Waals surface area contributed by atoms with Crippen molar-refractivity contribution in [2.75, 3.05) is 6.61 Å². The monoisotopic (exact) mass is 522 g/mol. The molecule has 1 aromatic heterocycles. The summed E-state index contributed by atoms with van der Waals surface area (Å²) in [7, 11) is 0. The summed E-state index contributed by atoms with van der Waals surface area (Å²) in [6.07, 6.45) is -4.67. The molecule has 198 valence electrons. The molecule has 0 radical (unpaired) electrons. The maximum absolute atomic E-state index is 12.4. The number of alkyl halides is 3. The van der Waals surface area contributed by atoms with Crippen LogP contribution < -0.4 is 5.32 Å². The fourth-order valence-electron chi connectivity index (χ4n) is 3.12. The second kappa shape index (κ2) is 13.7. The second-order valence-electron chi connectivity index (χ2n) is 7.60. The molecule has 1 heterocycles. The van der Waals surface area contributed by atoms with Crippen molar-refractivity contribution in [2.24, 2.45) is 0 Å². The summed E-state index contributed by atoms with van der Waals surface area (Å²) in [4.78, 5) is 33.1. The van der Waals surface area contributed by atoms with Crippen LogP contribution in [-0.2, 0) is 20.7 Å². The lowest BCUT2D eigenvalue weighted by Gasteiger charge is -2.21. The number of esters is 1. The van der Waals surface area contributed by atoms with Crippen LogP contribution in [0.15, 0.2) is 60.8 Å². The Kier molecular flexibility index (Phi) is 10.8. The van der Waals surface area contributed by atoms with Crippen molar-refractivity contribution in [3.8, 4) is 11.1 Å². The van der Waals surface area contributed by atoms with Crippen molar-refractivity contribution in [1.29, 1.82) is 0 Å². The fraction of sp³-hybridized carbons (Fsp3) is 0.292. The number of hydrogen-bond donors (Lipinski definition) is 4. The van der Waals surface area contributed by atoms with Crippen LogP contribution in [0.25, 0.3) is 11.1 Å². The van der Waals surface area contributed by atoms with E-state index in [1.165, 1.54) is 6.20 Å². The Balaban J connectivity index is 0.000000604. The first-order valence-electron chi connectivity index (χ1n) is 11.0. The number of carbonyl (C=O) groups excluding carboxylic acids is 2. The zero-order chi connectivity index (χ0) is 27.4. The number of hydrogen-bond acceptors (Lipinski definition) is 7. The SMILES string of the molecule is CCOC(=O)[C@H](O)CC(Cc1ccc(-c2ccccc2)cc1)NC(=O)c1cn[nH]n1.O=C(O)C(F)(F)F. The first-order chi connectivity index (χ1) is 17.5. The minimum absolute atomic E-state index is 0.0167. The Morgan fingerprint density at radius 2 is 1.65 bits per heavy atom. The van der Waals surface area contributed by atoms with Gasteiger partial charge in [-0.05, 0) is 30.0 Å². The third-order valence-electron chi connectivity index (χ3n) is 4.83. The van der Waals surface area contributed by atoms with Gasteiger partial charge in [0, 0.05) is 12.5 Å². The Hall–Kier alpha value is -4.26. The standard InChI is InChI=1S/C22H24N4O4.C2HF3O2/c1-2-30-22(29)20(27)13-18(24-21(28)19-14-23-26-25-19)12-15-8-10-17(11-9-15)16-6-4-3-5-7-16;3-2(4,5)1(6)7/h3-11,14,18,20,27H,2,12-13H2,1H3,(H,24,28)(H,23,25,26);(H,6,7)/t18?,20-;/m1./s1. The van der Waals surface area contributed by atoms with Gasteiger partial charge in [-0.2, -0.15) is 28.6 Å². The van der Waals surface area contributed by atoms with Crippen LogP contribution in [0.3, 0.4) is 0 Å². The van der Waals surface area contributed by atoms with Crippen molar-refractivity contribution in [1.82, 2.24) is 20.7 Å². The maximum Gasteiger partial charge on any atom is 0.490 e. The van der Waals surface area contributed by atoms with Gasteiger partial charge in [0.25, 0.3) is 5.91 Å². The van der Waals surface area contributed by atoms with E-state index in [-0.39, 0.29) is 18.7 Å². The summed E-state index contributed by atoms with van der Waals surface area (Å²) < 4.78 is 36.6. The number of benzene rings is 2. The summed E-state index contributed by atoms with van der Waals surface area (Å²) in [5.74, 6) is -3.91. The van der Waals surface area contributed by atoms with Crippen LogP contribution >= 0.6 is 0 Å². The molecule has 2 atom stereocenters. The third-order valence-corrected chi connectivity index (χ3v) is 4.83. The lowest BCUT2D eigenvalue weighted by atomic mass is 9.97. The van der Waals surface area contributed by atoms with Crippen molar-refractivity contribution >= 4 is 17.8 Å². The van der Waals surface area contributed by atoms with Gasteiger partial charge in [0.1, 0.15) is 0 Å². The van der Waals surface area contributed by atoms with Gasteiger partial charge in [-0.25, -0.2) is 9.59 Å². The number of aliphatic hydroxyl groups is 1. The normalized spacial score (nSPS) is 12.5. The molecule has 0 spiro atoms. The van der Waals surface area contributed by atoms with E-state index in [0.717, 1.165) is 16.7 Å². The van der Waals surface area contributed by atoms with Gasteiger partial charge in [-0.3, -0.25) is 4.79 Å². The van der Waals surface area contributed by atoms with Crippen LogP contribution in [-0.4, -0.2) is 68.4 Å². The molecule has 2 aromatic carbocycles. The summed E-state index contributed by atoms with van der Waals surface area (Å²) in [6, 6.07) is 17.4. The van der Waals surface area contributed by atoms with Gasteiger partial charge in [0.2, 0.25) is 0 Å². The summed E-state index contributed by atoms with van der Waals surface area (Å²) in [6.45, 7) is 1.84. The topological polar surface area (TPSA) is 154 Å². The zero-order valence-corrected chi connectivity index (χ0v) is 19.6. The summed E-state index contributed by atoms with van der Waals surface area (Å²) >= 11 is 0. The van der Waals surface area contributed by atoms with Crippen LogP contribution in [0.5, 0.6) is 0 Å². The highest BCUT2D eigenvalue weighted by molar-refractivity contribution is 5.92. The Bertz CT molecular complexity index is 1140. The number of nitrogens with zero attached hydrogens (tertiary/aromatic N) is 2. The minimum Gasteiger partial charge on any atom is -0.475 e. The summed E-state index contributed by atoms with van der Waals surface area (Å²) in [5, 5.41) is 29.9. The largest absolute Gasteiger partial charge is 0.490 e. The van der Waals surface area contributed by atoms with Crippen molar-refractivity contribution < 1.29 is 42.5 Å². The number of carboxylic acids is 1. The predicted molar refractivity (Wildman–Crippen MR) is 124 cm³/mol. The van der Waals surface area contributed by atoms with Crippen LogP contribution in [0.4, 0.5) is 13.2 Å². The number of halogens is 3. The third kappa shape index (κ3) is 9.72. The molecule has 3 rings (SSSR count). The quantitative estimate of drug-likeness (QED) is 0.313. The van der Waals surface area contributed by atoms with Crippen LogP contribution in [0.2, 0.25) is 0 Å². The van der Waals surface area contributed by atoms with Crippen LogP contribution in [0.1, 0.15) is 29.4 Å². The number of aliphatic hydroxyl groups excluding tert-OH is 1. The Morgan fingerprint density at radius 3 is 2.16 bits per heavy atom. The van der Waals surface area contributed by atoms with Crippen molar-refractivity contribution in [2.45, 2.75) is 38.1 Å². The molecule has 0 saturated heterocycles. The molecule has 0 aliphatic rings. The molecule has 0 saturated carbocycles. The molecule has 0 fully saturated rings. The number of carboxylic acid groups (broad SMARTS) is 1. The summed E-state index contributed by atoms with van der Waals surface area (Å²) in [5.41, 5.74) is 3.27. The molecule has 10 nitrogen and oxygen atoms in total. The van der Waals surface area contributed by atoms with Gasteiger partial charge < -0.3 is 20.3 Å². The minimum atomic E-state index is -5.08. The van der Waals surface area contributed by atoms with Gasteiger partial charge in [0.15, 0.2) is 11.8 Å². The number of aromatic amines is 1. The first-order valence-corrected chi connectivity index (χ1v) is 11.0. The molecule has 13 heteroatoms. The van der Waals surface area contributed by atoms with Crippen LogP contribution in [0, 0.1) is 0 Å². The first kappa shape index (κ1) is 29.0. The smallest absolute Gasteiger partial charge is 0.475 e. The molecular formula is C24H25F3N4O6. The number of aromatic nitrogens is 3. The molecule has 1 unspecified atom stereocenters. The van der Waals surface area contributed by atoms with Gasteiger partial charge in [0.05, 0.1) is 12.8 Å². The second-order valence-corrected chi connectivity index (χ2v) is 7.60. The predicted octanol–water partition coefficient (Wildman–Crippen LogP) is 2.76. The number of amides is 1. The Morgan fingerprint density at radius 1 is 1.05 bits per heavy atom. The number of ether oxygens (including phenoxy) is 1. The molecule has 4 N–H and O–H groups in total. The molecule has 37 heavy (non-hydrogen) atoms. The molecule has 3 aromatic rings.